The van der Waals surface area contributed by atoms with Crippen molar-refractivity contribution in [3.63, 3.8) is 0 Å². The van der Waals surface area contributed by atoms with Crippen LogP contribution in [0.4, 0.5) is 33.3 Å². The summed E-state index contributed by atoms with van der Waals surface area (Å²) in [5.74, 6) is -2.91. The summed E-state index contributed by atoms with van der Waals surface area (Å²) in [6.45, 7) is -0.0874. The Labute approximate surface area is 212 Å². The van der Waals surface area contributed by atoms with Crippen molar-refractivity contribution in [1.82, 2.24) is 15.5 Å². The number of aromatic nitrogens is 2. The zero-order valence-electron chi connectivity index (χ0n) is 19.6. The number of rotatable bonds is 8. The number of halogens is 5. The van der Waals surface area contributed by atoms with Crippen LogP contribution in [-0.2, 0) is 22.3 Å². The molecule has 1 saturated heterocycles. The highest BCUT2D eigenvalue weighted by atomic mass is 19.4. The van der Waals surface area contributed by atoms with E-state index in [4.69, 9.17) is 4.74 Å². The van der Waals surface area contributed by atoms with E-state index in [-0.39, 0.29) is 49.4 Å². The fourth-order valence-corrected chi connectivity index (χ4v) is 4.09. The molecule has 1 aliphatic rings. The largest absolute Gasteiger partial charge is 0.418 e. The Balaban J connectivity index is 1.45. The lowest BCUT2D eigenvalue weighted by molar-refractivity contribution is -0.137. The Kier molecular flexibility index (Phi) is 7.58. The first-order valence-corrected chi connectivity index (χ1v) is 11.3. The molecule has 3 aromatic rings. The molecule has 1 aliphatic heterocycles. The molecule has 0 bridgehead atoms. The van der Waals surface area contributed by atoms with Crippen LogP contribution in [0.2, 0.25) is 0 Å². The van der Waals surface area contributed by atoms with Crippen molar-refractivity contribution in [2.24, 2.45) is 5.41 Å². The Morgan fingerprint density at radius 2 is 1.89 bits per heavy atom. The molecule has 3 N–H and O–H groups in total. The van der Waals surface area contributed by atoms with Gasteiger partial charge in [-0.1, -0.05) is 6.07 Å². The van der Waals surface area contributed by atoms with E-state index < -0.39 is 51.7 Å². The summed E-state index contributed by atoms with van der Waals surface area (Å²) in [5, 5.41) is 10.8. The van der Waals surface area contributed by atoms with Gasteiger partial charge in [0.1, 0.15) is 11.6 Å². The van der Waals surface area contributed by atoms with E-state index in [1.807, 2.05) is 0 Å². The quantitative estimate of drug-likeness (QED) is 0.295. The molecule has 0 unspecified atom stereocenters. The van der Waals surface area contributed by atoms with Crippen molar-refractivity contribution in [1.29, 1.82) is 0 Å². The normalized spacial score (nSPS) is 17.3. The molecule has 1 amide bonds. The van der Waals surface area contributed by atoms with Crippen LogP contribution in [0.25, 0.3) is 0 Å². The first-order valence-electron chi connectivity index (χ1n) is 11.3. The van der Waals surface area contributed by atoms with E-state index in [0.29, 0.717) is 6.07 Å². The third kappa shape index (κ3) is 6.05. The molecule has 200 valence electrons. The number of ketones is 1. The Hall–Kier alpha value is -4.13. The van der Waals surface area contributed by atoms with Gasteiger partial charge >= 0.3 is 6.18 Å². The summed E-state index contributed by atoms with van der Waals surface area (Å²) in [6, 6.07) is 6.69. The average Bonchev–Trinajstić information content (AvgIpc) is 3.33. The highest BCUT2D eigenvalue weighted by molar-refractivity contribution is 5.99. The Bertz CT molecular complexity index is 1420. The number of hydrogen-bond acceptors (Lipinski definition) is 6. The van der Waals surface area contributed by atoms with Crippen LogP contribution in [0.3, 0.4) is 0 Å². The number of ether oxygens (including phenoxy) is 1. The number of nitrogens with zero attached hydrogens (tertiary/aromatic N) is 1. The first kappa shape index (κ1) is 26.9. The first-order chi connectivity index (χ1) is 18.0. The summed E-state index contributed by atoms with van der Waals surface area (Å²) in [6.07, 6.45) is -3.68. The maximum atomic E-state index is 14.8. The maximum Gasteiger partial charge on any atom is 0.418 e. The van der Waals surface area contributed by atoms with Crippen molar-refractivity contribution in [2.75, 3.05) is 18.5 Å². The van der Waals surface area contributed by atoms with Gasteiger partial charge in [0.05, 0.1) is 29.5 Å². The molecule has 0 saturated carbocycles. The number of alkyl halides is 3. The second-order valence-electron chi connectivity index (χ2n) is 8.82. The lowest BCUT2D eigenvalue weighted by Crippen LogP contribution is -2.43. The van der Waals surface area contributed by atoms with E-state index in [1.54, 1.807) is 0 Å². The molecule has 13 heteroatoms. The Morgan fingerprint density at radius 3 is 2.55 bits per heavy atom. The molecule has 0 aliphatic carbocycles. The van der Waals surface area contributed by atoms with Crippen LogP contribution in [0.1, 0.15) is 34.3 Å². The zero-order chi connectivity index (χ0) is 27.5. The number of hydrogen-bond donors (Lipinski definition) is 3. The minimum atomic E-state index is -4.83. The van der Waals surface area contributed by atoms with E-state index in [2.05, 4.69) is 20.8 Å². The molecule has 0 radical (unpaired) electrons. The number of benzene rings is 2. The second-order valence-corrected chi connectivity index (χ2v) is 8.82. The van der Waals surface area contributed by atoms with Gasteiger partial charge < -0.3 is 15.4 Å². The van der Waals surface area contributed by atoms with Crippen LogP contribution in [-0.4, -0.2) is 35.1 Å². The van der Waals surface area contributed by atoms with Crippen molar-refractivity contribution in [3.8, 4) is 0 Å². The summed E-state index contributed by atoms with van der Waals surface area (Å²) in [7, 11) is 0. The number of Topliss-reactive ketones (excluding diaryl/α,β-unsaturated/α-hetero) is 1. The van der Waals surface area contributed by atoms with E-state index in [1.165, 1.54) is 18.3 Å². The van der Waals surface area contributed by atoms with Crippen LogP contribution >= 0.6 is 0 Å². The summed E-state index contributed by atoms with van der Waals surface area (Å²) >= 11 is 0. The van der Waals surface area contributed by atoms with E-state index >= 15 is 0 Å². The molecular weight excluding hydrogens is 515 g/mol. The summed E-state index contributed by atoms with van der Waals surface area (Å²) in [5.41, 5.74) is -3.44. The van der Waals surface area contributed by atoms with Gasteiger partial charge in [0, 0.05) is 42.5 Å². The third-order valence-corrected chi connectivity index (χ3v) is 6.13. The van der Waals surface area contributed by atoms with Crippen LogP contribution in [0, 0.1) is 17.0 Å². The number of aromatic amines is 1. The predicted molar refractivity (Wildman–Crippen MR) is 125 cm³/mol. The van der Waals surface area contributed by atoms with Crippen LogP contribution < -0.4 is 16.2 Å². The molecule has 2 aromatic carbocycles. The molecular formula is C25H21F5N4O4. The standard InChI is InChI=1S/C25H21F5N4O4/c26-16-2-4-20(18(8-16)25(28,29)30)33-17-3-1-14(19(27)9-17)11-31-23(37)24(5-6-38-13-24)10-21(35)15-7-22(36)34-32-12-15/h1-4,7-9,12,33H,5-6,10-11,13H2,(H,31,37)(H,34,36)/t24-/m0/s1. The molecule has 1 atom stereocenters. The zero-order valence-corrected chi connectivity index (χ0v) is 19.6. The van der Waals surface area contributed by atoms with Crippen molar-refractivity contribution in [3.05, 3.63) is 87.3 Å². The minimum absolute atomic E-state index is 0.0209. The fourth-order valence-electron chi connectivity index (χ4n) is 4.09. The van der Waals surface area contributed by atoms with E-state index in [9.17, 15) is 36.3 Å². The highest BCUT2D eigenvalue weighted by Crippen LogP contribution is 2.37. The smallest absolute Gasteiger partial charge is 0.380 e. The molecule has 38 heavy (non-hydrogen) atoms. The second kappa shape index (κ2) is 10.7. The monoisotopic (exact) mass is 536 g/mol. The topological polar surface area (TPSA) is 113 Å². The summed E-state index contributed by atoms with van der Waals surface area (Å²) in [4.78, 5) is 37.2. The number of H-pyrrole nitrogens is 1. The van der Waals surface area contributed by atoms with Gasteiger partial charge in [-0.15, -0.1) is 0 Å². The molecule has 1 fully saturated rings. The predicted octanol–water partition coefficient (Wildman–Crippen LogP) is 4.11. The van der Waals surface area contributed by atoms with Crippen molar-refractivity contribution < 1.29 is 36.3 Å². The Morgan fingerprint density at radius 1 is 1.11 bits per heavy atom. The highest BCUT2D eigenvalue weighted by Gasteiger charge is 2.44. The number of nitrogens with one attached hydrogen (secondary N) is 3. The summed E-state index contributed by atoms with van der Waals surface area (Å²) < 4.78 is 73.1. The molecule has 0 spiro atoms. The third-order valence-electron chi connectivity index (χ3n) is 6.13. The fraction of sp³-hybridized carbons (Fsp3) is 0.280. The molecule has 1 aromatic heterocycles. The van der Waals surface area contributed by atoms with Gasteiger partial charge in [-0.3, -0.25) is 14.4 Å². The number of amides is 1. The number of anilines is 2. The van der Waals surface area contributed by atoms with Crippen molar-refractivity contribution >= 4 is 23.1 Å². The SMILES string of the molecule is O=C(C[C@@]1(C(=O)NCc2ccc(Nc3ccc(F)cc3C(F)(F)F)cc2F)CCOC1)c1cn[nH]c(=O)c1. The number of carbonyl (C=O) groups excluding carboxylic acids is 2. The molecule has 8 nitrogen and oxygen atoms in total. The lowest BCUT2D eigenvalue weighted by atomic mass is 9.80. The van der Waals surface area contributed by atoms with Gasteiger partial charge in [-0.2, -0.15) is 18.3 Å². The van der Waals surface area contributed by atoms with Crippen molar-refractivity contribution in [2.45, 2.75) is 25.6 Å². The van der Waals surface area contributed by atoms with Crippen LogP contribution in [0.5, 0.6) is 0 Å². The molecule has 2 heterocycles. The minimum Gasteiger partial charge on any atom is -0.380 e. The molecule has 4 rings (SSSR count). The average molecular weight is 536 g/mol. The lowest BCUT2D eigenvalue weighted by Gasteiger charge is -2.25. The number of carbonyl (C=O) groups is 2. The van der Waals surface area contributed by atoms with Crippen LogP contribution in [0.15, 0.2) is 53.5 Å². The van der Waals surface area contributed by atoms with Gasteiger partial charge in [-0.05, 0) is 36.8 Å². The van der Waals surface area contributed by atoms with Gasteiger partial charge in [0.25, 0.3) is 5.56 Å². The van der Waals surface area contributed by atoms with Gasteiger partial charge in [-0.25, -0.2) is 13.9 Å². The van der Waals surface area contributed by atoms with Gasteiger partial charge in [0.2, 0.25) is 5.91 Å². The van der Waals surface area contributed by atoms with Gasteiger partial charge in [0.15, 0.2) is 5.78 Å². The van der Waals surface area contributed by atoms with E-state index in [0.717, 1.165) is 24.3 Å². The maximum absolute atomic E-state index is 14.8.